The zero-order valence-corrected chi connectivity index (χ0v) is 19.8. The molecule has 4 N–H and O–H groups in total. The van der Waals surface area contributed by atoms with Crippen molar-refractivity contribution < 1.29 is 28.4 Å². The molecule has 2 rings (SSSR count). The molecule has 1 aromatic heterocycles. The topological polar surface area (TPSA) is 148 Å². The van der Waals surface area contributed by atoms with E-state index < -0.39 is 7.82 Å². The van der Waals surface area contributed by atoms with Crippen LogP contribution in [0.25, 0.3) is 0 Å². The van der Waals surface area contributed by atoms with Gasteiger partial charge in [-0.2, -0.15) is 0 Å². The van der Waals surface area contributed by atoms with E-state index in [1.165, 1.54) is 16.7 Å². The molecular weight excluding hydrogens is 455 g/mol. The van der Waals surface area contributed by atoms with Gasteiger partial charge in [0, 0.05) is 34.5 Å². The van der Waals surface area contributed by atoms with Crippen LogP contribution in [0, 0.1) is 6.92 Å². The van der Waals surface area contributed by atoms with Crippen molar-refractivity contribution in [2.45, 2.75) is 32.6 Å². The predicted octanol–water partition coefficient (Wildman–Crippen LogP) is 3.00. The maximum absolute atomic E-state index is 11.8. The Hall–Kier alpha value is -2.43. The van der Waals surface area contributed by atoms with Crippen molar-refractivity contribution in [3.63, 3.8) is 0 Å². The summed E-state index contributed by atoms with van der Waals surface area (Å²) in [6, 6.07) is 7.54. The van der Waals surface area contributed by atoms with Crippen LogP contribution in [-0.4, -0.2) is 44.8 Å². The minimum Gasteiger partial charge on any atom is -0.497 e. The number of rotatable bonds is 12. The number of carbonyl (C=O) groups excluding carboxylic acids is 1. The highest BCUT2D eigenvalue weighted by molar-refractivity contribution is 8.02. The normalized spacial score (nSPS) is 12.3. The van der Waals surface area contributed by atoms with Gasteiger partial charge in [-0.3, -0.25) is 9.32 Å². The molecular formula is C20H27N4O6PS. The first-order chi connectivity index (χ1) is 15.1. The fraction of sp³-hybridized carbons (Fsp3) is 0.350. The number of allylic oxidation sites excluding steroid dienone is 1. The summed E-state index contributed by atoms with van der Waals surface area (Å²) < 4.78 is 20.8. The Morgan fingerprint density at radius 3 is 2.56 bits per heavy atom. The van der Waals surface area contributed by atoms with Crippen molar-refractivity contribution in [1.82, 2.24) is 14.9 Å². The van der Waals surface area contributed by atoms with Gasteiger partial charge in [0.25, 0.3) is 0 Å². The first-order valence-electron chi connectivity index (χ1n) is 9.58. The van der Waals surface area contributed by atoms with Gasteiger partial charge in [-0.15, -0.1) is 11.8 Å². The number of benzene rings is 1. The molecule has 0 bridgehead atoms. The van der Waals surface area contributed by atoms with Crippen LogP contribution >= 0.6 is 19.6 Å². The Labute approximate surface area is 191 Å². The third kappa shape index (κ3) is 8.25. The van der Waals surface area contributed by atoms with E-state index in [1.807, 2.05) is 24.3 Å². The molecule has 0 fully saturated rings. The third-order valence-electron chi connectivity index (χ3n) is 4.48. The summed E-state index contributed by atoms with van der Waals surface area (Å²) in [7, 11) is -3.00. The van der Waals surface area contributed by atoms with Gasteiger partial charge in [-0.1, -0.05) is 12.1 Å². The van der Waals surface area contributed by atoms with Crippen molar-refractivity contribution in [3.05, 3.63) is 58.0 Å². The lowest BCUT2D eigenvalue weighted by atomic mass is 10.2. The number of phosphoric acid groups is 1. The van der Waals surface area contributed by atoms with E-state index in [-0.39, 0.29) is 25.4 Å². The maximum Gasteiger partial charge on any atom is 0.469 e. The zero-order chi connectivity index (χ0) is 23.7. The molecule has 0 saturated carbocycles. The monoisotopic (exact) mass is 482 g/mol. The summed E-state index contributed by atoms with van der Waals surface area (Å²) >= 11 is 1.45. The molecule has 0 aliphatic rings. The van der Waals surface area contributed by atoms with Crippen molar-refractivity contribution in [3.8, 4) is 5.75 Å². The number of aromatic nitrogens is 2. The van der Waals surface area contributed by atoms with Crippen molar-refractivity contribution >= 4 is 31.8 Å². The van der Waals surface area contributed by atoms with E-state index in [0.717, 1.165) is 16.2 Å². The van der Waals surface area contributed by atoms with Crippen LogP contribution in [0.4, 0.5) is 5.82 Å². The van der Waals surface area contributed by atoms with Gasteiger partial charge in [0.15, 0.2) is 0 Å². The molecule has 1 aromatic carbocycles. The summed E-state index contributed by atoms with van der Waals surface area (Å²) in [4.78, 5) is 40.3. The van der Waals surface area contributed by atoms with E-state index in [4.69, 9.17) is 20.3 Å². The summed E-state index contributed by atoms with van der Waals surface area (Å²) in [6.07, 6.45) is 2.46. The number of carbonyl (C=O) groups is 1. The van der Waals surface area contributed by atoms with Crippen LogP contribution in [0.3, 0.4) is 0 Å². The average molecular weight is 482 g/mol. The summed E-state index contributed by atoms with van der Waals surface area (Å²) in [5.74, 6) is 2.14. The van der Waals surface area contributed by atoms with Gasteiger partial charge in [0.05, 0.1) is 20.3 Å². The van der Waals surface area contributed by atoms with Crippen LogP contribution in [0.15, 0.2) is 41.1 Å². The minimum atomic E-state index is -4.60. The predicted molar refractivity (Wildman–Crippen MR) is 122 cm³/mol. The number of nitrogen functional groups attached to an aromatic ring is 1. The number of methoxy groups -OCH3 is 1. The van der Waals surface area contributed by atoms with Crippen molar-refractivity contribution in [2.24, 2.45) is 0 Å². The molecule has 1 heterocycles. The Morgan fingerprint density at radius 1 is 1.31 bits per heavy atom. The molecule has 0 aliphatic heterocycles. The molecule has 0 saturated heterocycles. The number of amides is 1. The average Bonchev–Trinajstić information content (AvgIpc) is 2.74. The van der Waals surface area contributed by atoms with E-state index in [9.17, 15) is 9.36 Å². The lowest BCUT2D eigenvalue weighted by molar-refractivity contribution is -0.116. The van der Waals surface area contributed by atoms with Gasteiger partial charge in [0.1, 0.15) is 17.4 Å². The fourth-order valence-corrected chi connectivity index (χ4v) is 4.14. The number of ether oxygens (including phenoxy) is 1. The molecule has 174 valence electrons. The highest BCUT2D eigenvalue weighted by atomic mass is 32.2. The SMILES string of the molecule is COc1ccc(CS/C(CCOP(=O)(O)O)=C(/C)N(C=O)Cc2cnc(C)nc2N)cc1. The quantitative estimate of drug-likeness (QED) is 0.304. The lowest BCUT2D eigenvalue weighted by Crippen LogP contribution is -2.22. The van der Waals surface area contributed by atoms with Crippen LogP contribution in [-0.2, 0) is 26.2 Å². The first kappa shape index (κ1) is 25.8. The molecule has 1 amide bonds. The van der Waals surface area contributed by atoms with E-state index in [2.05, 4.69) is 14.5 Å². The third-order valence-corrected chi connectivity index (χ3v) is 6.33. The van der Waals surface area contributed by atoms with E-state index in [1.54, 1.807) is 27.2 Å². The molecule has 0 aliphatic carbocycles. The van der Waals surface area contributed by atoms with E-state index in [0.29, 0.717) is 29.2 Å². The van der Waals surface area contributed by atoms with Gasteiger partial charge in [-0.05, 0) is 31.5 Å². The smallest absolute Gasteiger partial charge is 0.469 e. The number of phosphoric ester groups is 1. The summed E-state index contributed by atoms with van der Waals surface area (Å²) in [5, 5.41) is 0. The largest absolute Gasteiger partial charge is 0.497 e. The summed E-state index contributed by atoms with van der Waals surface area (Å²) in [5.41, 5.74) is 8.18. The van der Waals surface area contributed by atoms with Crippen LogP contribution < -0.4 is 10.5 Å². The zero-order valence-electron chi connectivity index (χ0n) is 18.1. The highest BCUT2D eigenvalue weighted by Crippen LogP contribution is 2.37. The molecule has 0 unspecified atom stereocenters. The summed E-state index contributed by atoms with van der Waals surface area (Å²) in [6.45, 7) is 3.44. The Kier molecular flexibility index (Phi) is 9.67. The fourth-order valence-electron chi connectivity index (χ4n) is 2.72. The van der Waals surface area contributed by atoms with Crippen molar-refractivity contribution in [2.75, 3.05) is 19.5 Å². The number of thioether (sulfide) groups is 1. The number of hydrogen-bond donors (Lipinski definition) is 3. The van der Waals surface area contributed by atoms with Crippen molar-refractivity contribution in [1.29, 1.82) is 0 Å². The van der Waals surface area contributed by atoms with Gasteiger partial charge < -0.3 is 25.2 Å². The number of anilines is 1. The van der Waals surface area contributed by atoms with Gasteiger partial charge >= 0.3 is 7.82 Å². The molecule has 2 aromatic rings. The standard InChI is InChI=1S/C20H27N4O6PS/c1-14(24(13-25)11-17-10-22-15(2)23-20(17)21)19(8-9-30-31(26,27)28)32-12-16-4-6-18(29-3)7-5-16/h4-7,10,13H,8-9,11-12H2,1-3H3,(H2,21,22,23)(H2,26,27,28)/b19-14-. The van der Waals surface area contributed by atoms with Crippen LogP contribution in [0.1, 0.15) is 30.3 Å². The van der Waals surface area contributed by atoms with Crippen LogP contribution in [0.5, 0.6) is 5.75 Å². The molecule has 0 radical (unpaired) electrons. The molecule has 32 heavy (non-hydrogen) atoms. The Morgan fingerprint density at radius 2 is 2.00 bits per heavy atom. The van der Waals surface area contributed by atoms with Gasteiger partial charge in [-0.25, -0.2) is 14.5 Å². The Balaban J connectivity index is 2.23. The number of hydrogen-bond acceptors (Lipinski definition) is 8. The Bertz CT molecular complexity index is 996. The molecule has 0 atom stereocenters. The maximum atomic E-state index is 11.8. The lowest BCUT2D eigenvalue weighted by Gasteiger charge is -2.22. The second-order valence-corrected chi connectivity index (χ2v) is 9.09. The minimum absolute atomic E-state index is 0.160. The number of nitrogens with zero attached hydrogens (tertiary/aromatic N) is 3. The number of nitrogens with two attached hydrogens (primary N) is 1. The van der Waals surface area contributed by atoms with Crippen LogP contribution in [0.2, 0.25) is 0 Å². The van der Waals surface area contributed by atoms with Gasteiger partial charge in [0.2, 0.25) is 6.41 Å². The molecule has 12 heteroatoms. The first-order valence-corrected chi connectivity index (χ1v) is 12.1. The highest BCUT2D eigenvalue weighted by Gasteiger charge is 2.17. The number of aryl methyl sites for hydroxylation is 1. The second-order valence-electron chi connectivity index (χ2n) is 6.78. The molecule has 10 nitrogen and oxygen atoms in total. The van der Waals surface area contributed by atoms with E-state index >= 15 is 0 Å². The molecule has 0 spiro atoms. The second kappa shape index (κ2) is 12.0.